The highest BCUT2D eigenvalue weighted by atomic mass is 35.5. The Morgan fingerprint density at radius 1 is 1.08 bits per heavy atom. The Labute approximate surface area is 150 Å². The van der Waals surface area contributed by atoms with Crippen LogP contribution < -0.4 is 0 Å². The zero-order valence-electron chi connectivity index (χ0n) is 13.4. The van der Waals surface area contributed by atoms with Crippen molar-refractivity contribution in [2.75, 3.05) is 6.61 Å². The smallest absolute Gasteiger partial charge is 0.234 e. The van der Waals surface area contributed by atoms with Gasteiger partial charge in [0.25, 0.3) is 0 Å². The predicted octanol–water partition coefficient (Wildman–Crippen LogP) is 4.85. The molecule has 2 heterocycles. The van der Waals surface area contributed by atoms with Crippen LogP contribution in [0, 0.1) is 5.82 Å². The fourth-order valence-corrected chi connectivity index (χ4v) is 3.18. The molecule has 0 amide bonds. The van der Waals surface area contributed by atoms with Gasteiger partial charge in [-0.15, -0.1) is 0 Å². The molecule has 1 atom stereocenters. The van der Waals surface area contributed by atoms with Gasteiger partial charge in [-0.1, -0.05) is 48.0 Å². The van der Waals surface area contributed by atoms with Crippen molar-refractivity contribution in [3.63, 3.8) is 0 Å². The van der Waals surface area contributed by atoms with Crippen LogP contribution in [0.25, 0.3) is 0 Å². The summed E-state index contributed by atoms with van der Waals surface area (Å²) in [5.41, 5.74) is 2.39. The number of nitrogens with zero attached hydrogens (tertiary/aromatic N) is 2. The standard InChI is InChI=1S/C20H16ClFN2O/c21-16-8-4-9-17(22)15(16)12-24-11-5-10-19(24)20-23-18(13-25-20)14-6-2-1-3-7-14/h1-11,18H,12-13H2. The van der Waals surface area contributed by atoms with Crippen molar-refractivity contribution >= 4 is 17.5 Å². The molecule has 0 saturated carbocycles. The first-order valence-corrected chi connectivity index (χ1v) is 8.44. The summed E-state index contributed by atoms with van der Waals surface area (Å²) in [6, 6.07) is 18.6. The summed E-state index contributed by atoms with van der Waals surface area (Å²) in [7, 11) is 0. The molecule has 5 heteroatoms. The molecule has 0 N–H and O–H groups in total. The molecule has 3 aromatic rings. The SMILES string of the molecule is Fc1cccc(Cl)c1Cn1cccc1C1=NC(c2ccccc2)CO1. The minimum Gasteiger partial charge on any atom is -0.474 e. The summed E-state index contributed by atoms with van der Waals surface area (Å²) in [6.07, 6.45) is 1.87. The number of ether oxygens (including phenoxy) is 1. The highest BCUT2D eigenvalue weighted by Crippen LogP contribution is 2.26. The van der Waals surface area contributed by atoms with Crippen LogP contribution in [0.15, 0.2) is 71.9 Å². The lowest BCUT2D eigenvalue weighted by Crippen LogP contribution is -2.11. The molecule has 3 nitrogen and oxygen atoms in total. The lowest BCUT2D eigenvalue weighted by molar-refractivity contribution is 0.318. The largest absolute Gasteiger partial charge is 0.474 e. The molecule has 0 saturated heterocycles. The van der Waals surface area contributed by atoms with Crippen molar-refractivity contribution in [3.05, 3.63) is 94.5 Å². The second kappa shape index (κ2) is 6.73. The first-order chi connectivity index (χ1) is 12.2. The number of benzene rings is 2. The van der Waals surface area contributed by atoms with Crippen molar-refractivity contribution < 1.29 is 9.13 Å². The minimum atomic E-state index is -0.316. The summed E-state index contributed by atoms with van der Waals surface area (Å²) < 4.78 is 21.8. The van der Waals surface area contributed by atoms with E-state index in [0.29, 0.717) is 29.6 Å². The van der Waals surface area contributed by atoms with Crippen molar-refractivity contribution in [2.45, 2.75) is 12.6 Å². The number of aliphatic imine (C=N–C) groups is 1. The van der Waals surface area contributed by atoms with Crippen LogP contribution in [0.3, 0.4) is 0 Å². The molecule has 0 bridgehead atoms. The normalized spacial score (nSPS) is 16.6. The Morgan fingerprint density at radius 2 is 1.92 bits per heavy atom. The van der Waals surface area contributed by atoms with E-state index < -0.39 is 0 Å². The molecule has 25 heavy (non-hydrogen) atoms. The van der Waals surface area contributed by atoms with E-state index >= 15 is 0 Å². The van der Waals surface area contributed by atoms with E-state index in [-0.39, 0.29) is 11.9 Å². The zero-order valence-corrected chi connectivity index (χ0v) is 14.2. The van der Waals surface area contributed by atoms with Gasteiger partial charge in [-0.05, 0) is 29.8 Å². The van der Waals surface area contributed by atoms with Gasteiger partial charge in [0, 0.05) is 16.8 Å². The quantitative estimate of drug-likeness (QED) is 0.658. The molecule has 2 aromatic carbocycles. The second-order valence-corrected chi connectivity index (χ2v) is 6.30. The number of hydrogen-bond acceptors (Lipinski definition) is 2. The number of hydrogen-bond donors (Lipinski definition) is 0. The molecule has 1 aliphatic rings. The first-order valence-electron chi connectivity index (χ1n) is 8.06. The van der Waals surface area contributed by atoms with E-state index in [9.17, 15) is 4.39 Å². The van der Waals surface area contributed by atoms with E-state index in [0.717, 1.165) is 11.3 Å². The average Bonchev–Trinajstić information content (AvgIpc) is 3.28. The van der Waals surface area contributed by atoms with Crippen LogP contribution in [0.2, 0.25) is 5.02 Å². The first kappa shape index (κ1) is 15.9. The van der Waals surface area contributed by atoms with Crippen LogP contribution in [-0.4, -0.2) is 17.1 Å². The lowest BCUT2D eigenvalue weighted by atomic mass is 10.1. The van der Waals surface area contributed by atoms with Gasteiger partial charge in [0.2, 0.25) is 5.90 Å². The Bertz CT molecular complexity index is 900. The maximum atomic E-state index is 14.1. The van der Waals surface area contributed by atoms with Gasteiger partial charge in [-0.2, -0.15) is 0 Å². The molecular weight excluding hydrogens is 339 g/mol. The monoisotopic (exact) mass is 354 g/mol. The summed E-state index contributed by atoms with van der Waals surface area (Å²) in [5.74, 6) is 0.259. The maximum Gasteiger partial charge on any atom is 0.234 e. The van der Waals surface area contributed by atoms with Crippen LogP contribution in [-0.2, 0) is 11.3 Å². The molecule has 0 fully saturated rings. The molecule has 4 rings (SSSR count). The molecule has 0 spiro atoms. The van der Waals surface area contributed by atoms with Crippen LogP contribution >= 0.6 is 11.6 Å². The van der Waals surface area contributed by atoms with Crippen molar-refractivity contribution in [1.82, 2.24) is 4.57 Å². The number of halogens is 2. The average molecular weight is 355 g/mol. The highest BCUT2D eigenvalue weighted by molar-refractivity contribution is 6.31. The van der Waals surface area contributed by atoms with Crippen LogP contribution in [0.1, 0.15) is 22.9 Å². The van der Waals surface area contributed by atoms with Gasteiger partial charge in [-0.25, -0.2) is 9.38 Å². The second-order valence-electron chi connectivity index (χ2n) is 5.89. The van der Waals surface area contributed by atoms with Crippen molar-refractivity contribution in [3.8, 4) is 0 Å². The highest BCUT2D eigenvalue weighted by Gasteiger charge is 2.23. The molecule has 0 aliphatic carbocycles. The Morgan fingerprint density at radius 3 is 2.72 bits per heavy atom. The maximum absolute atomic E-state index is 14.1. The van der Waals surface area contributed by atoms with Crippen LogP contribution in [0.5, 0.6) is 0 Å². The fourth-order valence-electron chi connectivity index (χ4n) is 2.96. The van der Waals surface area contributed by atoms with Crippen molar-refractivity contribution in [2.24, 2.45) is 4.99 Å². The third-order valence-corrected chi connectivity index (χ3v) is 4.63. The van der Waals surface area contributed by atoms with Crippen molar-refractivity contribution in [1.29, 1.82) is 0 Å². The summed E-state index contributed by atoms with van der Waals surface area (Å²) in [4.78, 5) is 4.69. The third-order valence-electron chi connectivity index (χ3n) is 4.27. The van der Waals surface area contributed by atoms with E-state index in [1.807, 2.05) is 53.2 Å². The van der Waals surface area contributed by atoms with E-state index in [2.05, 4.69) is 0 Å². The summed E-state index contributed by atoms with van der Waals surface area (Å²) >= 11 is 6.15. The van der Waals surface area contributed by atoms with E-state index in [4.69, 9.17) is 21.3 Å². The Kier molecular flexibility index (Phi) is 4.28. The Balaban J connectivity index is 1.62. The van der Waals surface area contributed by atoms with Gasteiger partial charge in [0.05, 0.1) is 6.54 Å². The van der Waals surface area contributed by atoms with Gasteiger partial charge in [0.15, 0.2) is 0 Å². The Hall–Kier alpha value is -2.59. The van der Waals surface area contributed by atoms with E-state index in [1.54, 1.807) is 12.1 Å². The summed E-state index contributed by atoms with van der Waals surface area (Å²) in [6.45, 7) is 0.831. The predicted molar refractivity (Wildman–Crippen MR) is 96.6 cm³/mol. The zero-order chi connectivity index (χ0) is 17.2. The third kappa shape index (κ3) is 3.17. The minimum absolute atomic E-state index is 0.0170. The number of rotatable bonds is 4. The van der Waals surface area contributed by atoms with Gasteiger partial charge in [-0.3, -0.25) is 0 Å². The van der Waals surface area contributed by atoms with Gasteiger partial charge in [0.1, 0.15) is 24.2 Å². The molecule has 126 valence electrons. The number of aromatic nitrogens is 1. The molecule has 0 radical (unpaired) electrons. The van der Waals surface area contributed by atoms with Crippen LogP contribution in [0.4, 0.5) is 4.39 Å². The fraction of sp³-hybridized carbons (Fsp3) is 0.150. The summed E-state index contributed by atoms with van der Waals surface area (Å²) in [5, 5.41) is 0.413. The van der Waals surface area contributed by atoms with Gasteiger partial charge >= 0.3 is 0 Å². The molecule has 1 aliphatic heterocycles. The lowest BCUT2D eigenvalue weighted by Gasteiger charge is -2.11. The van der Waals surface area contributed by atoms with E-state index in [1.165, 1.54) is 6.07 Å². The topological polar surface area (TPSA) is 26.5 Å². The molecule has 1 aromatic heterocycles. The molecular formula is C20H16ClFN2O. The molecule has 1 unspecified atom stereocenters. The van der Waals surface area contributed by atoms with Gasteiger partial charge < -0.3 is 9.30 Å².